The number of pyridine rings is 1. The summed E-state index contributed by atoms with van der Waals surface area (Å²) in [7, 11) is 1.49. The molecule has 0 radical (unpaired) electrons. The summed E-state index contributed by atoms with van der Waals surface area (Å²) >= 11 is 0.733. The van der Waals surface area contributed by atoms with Crippen molar-refractivity contribution in [3.8, 4) is 17.0 Å². The van der Waals surface area contributed by atoms with Gasteiger partial charge in [0.25, 0.3) is 6.20 Å². The van der Waals surface area contributed by atoms with Crippen molar-refractivity contribution >= 4 is 39.0 Å². The van der Waals surface area contributed by atoms with Gasteiger partial charge in [0.05, 0.1) is 60.0 Å². The molecule has 5 rings (SSSR count). The van der Waals surface area contributed by atoms with Crippen LogP contribution >= 0.6 is 11.3 Å². The Kier molecular flexibility index (Phi) is 6.14. The number of anilines is 1. The molecule has 0 atom stereocenters. The normalized spacial score (nSPS) is 15.0. The number of benzene rings is 1. The molecule has 1 aromatic carbocycles. The average molecular weight is 520 g/mol. The van der Waals surface area contributed by atoms with E-state index in [0.29, 0.717) is 37.6 Å². The van der Waals surface area contributed by atoms with Gasteiger partial charge in [-0.1, -0.05) is 0 Å². The fourth-order valence-electron chi connectivity index (χ4n) is 3.73. The third-order valence-corrected chi connectivity index (χ3v) is 6.60. The van der Waals surface area contributed by atoms with Gasteiger partial charge in [0, 0.05) is 16.8 Å². The first-order valence-electron chi connectivity index (χ1n) is 10.7. The second-order valence-corrected chi connectivity index (χ2v) is 8.75. The van der Waals surface area contributed by atoms with Crippen LogP contribution in [-0.4, -0.2) is 49.6 Å². The summed E-state index contributed by atoms with van der Waals surface area (Å²) < 4.78 is 57.5. The third-order valence-electron chi connectivity index (χ3n) is 5.52. The first-order valence-corrected chi connectivity index (χ1v) is 11.5. The maximum absolute atomic E-state index is 14.0. The highest BCUT2D eigenvalue weighted by Crippen LogP contribution is 2.43. The number of nitrogens with two attached hydrogens (primary N) is 1. The van der Waals surface area contributed by atoms with Crippen LogP contribution in [0.15, 0.2) is 46.0 Å². The molecule has 1 aliphatic heterocycles. The van der Waals surface area contributed by atoms with Crippen molar-refractivity contribution in [2.45, 2.75) is 6.18 Å². The van der Waals surface area contributed by atoms with Crippen LogP contribution in [0.25, 0.3) is 21.5 Å². The zero-order valence-corrected chi connectivity index (χ0v) is 19.6. The summed E-state index contributed by atoms with van der Waals surface area (Å²) in [6.45, 7) is 2.15. The molecule has 36 heavy (non-hydrogen) atoms. The molecule has 1 saturated heterocycles. The molecular formula is C22H19F3N6O4S. The SMILES string of the molecule is COc1ccc(-c2cc(C(F)(F)F)c3c(N)c(/C([O-])=N/c4c[n+](N5CCOCC5)no4)sc3n2)cc1. The van der Waals surface area contributed by atoms with Gasteiger partial charge in [0.1, 0.15) is 10.6 Å². The van der Waals surface area contributed by atoms with Crippen LogP contribution in [0.4, 0.5) is 24.7 Å². The van der Waals surface area contributed by atoms with Gasteiger partial charge in [-0.25, -0.2) is 9.98 Å². The van der Waals surface area contributed by atoms with Crippen LogP contribution in [-0.2, 0) is 10.9 Å². The monoisotopic (exact) mass is 520 g/mol. The van der Waals surface area contributed by atoms with Crippen LogP contribution in [0.1, 0.15) is 10.4 Å². The van der Waals surface area contributed by atoms with Gasteiger partial charge in [0.15, 0.2) is 0 Å². The molecule has 0 aliphatic carbocycles. The molecule has 3 aromatic heterocycles. The average Bonchev–Trinajstić information content (AvgIpc) is 3.48. The van der Waals surface area contributed by atoms with Crippen LogP contribution < -0.4 is 25.4 Å². The fraction of sp³-hybridized carbons (Fsp3) is 0.273. The Hall–Kier alpha value is -3.91. The molecule has 10 nitrogen and oxygen atoms in total. The van der Waals surface area contributed by atoms with Gasteiger partial charge in [-0.05, 0) is 30.3 Å². The summed E-state index contributed by atoms with van der Waals surface area (Å²) in [4.78, 5) is 9.39. The van der Waals surface area contributed by atoms with Crippen LogP contribution in [0, 0.1) is 0 Å². The highest BCUT2D eigenvalue weighted by atomic mass is 32.1. The minimum absolute atomic E-state index is 0.0346. The number of rotatable bonds is 5. The van der Waals surface area contributed by atoms with Crippen molar-refractivity contribution in [3.05, 3.63) is 47.0 Å². The predicted molar refractivity (Wildman–Crippen MR) is 123 cm³/mol. The molecule has 0 unspecified atom stereocenters. The van der Waals surface area contributed by atoms with Crippen LogP contribution in [0.3, 0.4) is 0 Å². The number of hydrogen-bond donors (Lipinski definition) is 1. The number of hydrogen-bond acceptors (Lipinski definition) is 10. The lowest BCUT2D eigenvalue weighted by atomic mass is 10.1. The number of alkyl halides is 3. The summed E-state index contributed by atoms with van der Waals surface area (Å²) in [5.74, 6) is -0.431. The maximum Gasteiger partial charge on any atom is 0.417 e. The van der Waals surface area contributed by atoms with Gasteiger partial charge in [0.2, 0.25) is 5.27 Å². The van der Waals surface area contributed by atoms with Crippen molar-refractivity contribution in [2.24, 2.45) is 4.99 Å². The topological polar surface area (TPSA) is 126 Å². The highest BCUT2D eigenvalue weighted by molar-refractivity contribution is 7.21. The summed E-state index contributed by atoms with van der Waals surface area (Å²) in [5.41, 5.74) is 5.23. The summed E-state index contributed by atoms with van der Waals surface area (Å²) in [6, 6.07) is 7.34. The highest BCUT2D eigenvalue weighted by Gasteiger charge is 2.36. The zero-order valence-electron chi connectivity index (χ0n) is 18.8. The Morgan fingerprint density at radius 2 is 1.97 bits per heavy atom. The standard InChI is InChI=1S/C22H19F3N6O4S/c1-33-13-4-2-12(3-5-13)15-10-14(22(23,24)25)17-18(26)19(36-21(17)27-15)20(32)28-16-11-31(29-35-16)30-6-8-34-9-7-30/h2-5,10-11H,6-9H2,1H3,(H2-,26,28,29,32). The quantitative estimate of drug-likeness (QED) is 0.241. The Bertz CT molecular complexity index is 1430. The summed E-state index contributed by atoms with van der Waals surface area (Å²) in [5, 5.41) is 18.2. The minimum atomic E-state index is -4.73. The number of aliphatic imine (C=N–C) groups is 1. The van der Waals surface area contributed by atoms with E-state index in [2.05, 4.69) is 15.2 Å². The lowest BCUT2D eigenvalue weighted by Gasteiger charge is -2.18. The minimum Gasteiger partial charge on any atom is -0.857 e. The Morgan fingerprint density at radius 1 is 1.25 bits per heavy atom. The molecule has 1 aliphatic rings. The molecule has 0 bridgehead atoms. The van der Waals surface area contributed by atoms with E-state index in [1.165, 1.54) is 18.1 Å². The zero-order chi connectivity index (χ0) is 25.4. The van der Waals surface area contributed by atoms with Crippen molar-refractivity contribution < 1.29 is 37.1 Å². The van der Waals surface area contributed by atoms with E-state index in [9.17, 15) is 18.3 Å². The van der Waals surface area contributed by atoms with E-state index in [0.717, 1.165) is 17.4 Å². The molecule has 4 aromatic rings. The van der Waals surface area contributed by atoms with E-state index < -0.39 is 17.6 Å². The maximum atomic E-state index is 14.0. The molecule has 4 heterocycles. The molecule has 0 spiro atoms. The van der Waals surface area contributed by atoms with Gasteiger partial charge in [-0.15, -0.1) is 16.3 Å². The number of morpholine rings is 1. The molecule has 1 fully saturated rings. The lowest BCUT2D eigenvalue weighted by Crippen LogP contribution is -2.62. The van der Waals surface area contributed by atoms with E-state index >= 15 is 0 Å². The lowest BCUT2D eigenvalue weighted by molar-refractivity contribution is -0.759. The molecule has 0 amide bonds. The molecule has 188 valence electrons. The first-order chi connectivity index (χ1) is 17.2. The fourth-order valence-corrected chi connectivity index (χ4v) is 4.74. The Balaban J connectivity index is 1.55. The smallest absolute Gasteiger partial charge is 0.417 e. The van der Waals surface area contributed by atoms with Gasteiger partial charge in [-0.3, -0.25) is 4.52 Å². The van der Waals surface area contributed by atoms with Gasteiger partial charge >= 0.3 is 12.1 Å². The van der Waals surface area contributed by atoms with E-state index in [1.54, 1.807) is 24.3 Å². The molecule has 0 saturated carbocycles. The molecule has 2 N–H and O–H groups in total. The Labute approximate surface area is 205 Å². The van der Waals surface area contributed by atoms with E-state index in [-0.39, 0.29) is 32.4 Å². The number of halogens is 3. The number of aromatic nitrogens is 3. The number of methoxy groups -OCH3 is 1. The van der Waals surface area contributed by atoms with E-state index in [1.807, 2.05) is 5.01 Å². The van der Waals surface area contributed by atoms with Crippen molar-refractivity contribution in [2.75, 3.05) is 44.2 Å². The van der Waals surface area contributed by atoms with Crippen molar-refractivity contribution in [1.82, 2.24) is 10.3 Å². The number of fused-ring (bicyclic) bond motifs is 1. The van der Waals surface area contributed by atoms with Crippen LogP contribution in [0.2, 0.25) is 0 Å². The number of ether oxygens (including phenoxy) is 2. The van der Waals surface area contributed by atoms with Gasteiger partial charge in [-0.2, -0.15) is 13.2 Å². The molecule has 14 heteroatoms. The second kappa shape index (κ2) is 9.28. The van der Waals surface area contributed by atoms with Crippen LogP contribution in [0.5, 0.6) is 5.75 Å². The second-order valence-electron chi connectivity index (χ2n) is 7.75. The summed E-state index contributed by atoms with van der Waals surface area (Å²) in [6.07, 6.45) is -3.34. The van der Waals surface area contributed by atoms with Crippen molar-refractivity contribution in [3.63, 3.8) is 0 Å². The van der Waals surface area contributed by atoms with Gasteiger partial charge < -0.3 is 20.3 Å². The largest absolute Gasteiger partial charge is 0.857 e. The number of nitrogen functional groups attached to an aromatic ring is 1. The first kappa shape index (κ1) is 23.8. The third kappa shape index (κ3) is 4.52. The number of nitrogens with zero attached hydrogens (tertiary/aromatic N) is 5. The Morgan fingerprint density at radius 3 is 2.64 bits per heavy atom. The predicted octanol–water partition coefficient (Wildman–Crippen LogP) is 2.26. The number of thiophene rings is 1. The van der Waals surface area contributed by atoms with Crippen molar-refractivity contribution in [1.29, 1.82) is 0 Å². The molecular weight excluding hydrogens is 501 g/mol. The van der Waals surface area contributed by atoms with E-state index in [4.69, 9.17) is 19.7 Å².